The van der Waals surface area contributed by atoms with Crippen molar-refractivity contribution in [3.05, 3.63) is 65.9 Å². The van der Waals surface area contributed by atoms with Crippen LogP contribution in [0, 0.1) is 13.8 Å². The van der Waals surface area contributed by atoms with Crippen molar-refractivity contribution >= 4 is 5.69 Å². The van der Waals surface area contributed by atoms with Crippen LogP contribution in [0.1, 0.15) is 16.7 Å². The summed E-state index contributed by atoms with van der Waals surface area (Å²) in [7, 11) is 0. The van der Waals surface area contributed by atoms with Crippen LogP contribution in [-0.4, -0.2) is 19.7 Å². The number of rotatable bonds is 4. The highest BCUT2D eigenvalue weighted by molar-refractivity contribution is 5.56. The minimum Gasteiger partial charge on any atom is -0.378 e. The SMILES string of the molecule is Cc1cc(C)cc(CNc2cccnc2-n2cncn2)c1. The quantitative estimate of drug-likeness (QED) is 0.798. The second kappa shape index (κ2) is 5.75. The fourth-order valence-electron chi connectivity index (χ4n) is 2.40. The lowest BCUT2D eigenvalue weighted by molar-refractivity contribution is 0.844. The van der Waals surface area contributed by atoms with E-state index in [2.05, 4.69) is 52.4 Å². The molecule has 0 unspecified atom stereocenters. The van der Waals surface area contributed by atoms with Crippen LogP contribution in [0.3, 0.4) is 0 Å². The van der Waals surface area contributed by atoms with E-state index in [0.717, 1.165) is 18.1 Å². The van der Waals surface area contributed by atoms with E-state index < -0.39 is 0 Å². The second-order valence-electron chi connectivity index (χ2n) is 5.06. The van der Waals surface area contributed by atoms with Crippen molar-refractivity contribution in [2.45, 2.75) is 20.4 Å². The van der Waals surface area contributed by atoms with Crippen LogP contribution in [0.5, 0.6) is 0 Å². The first-order chi connectivity index (χ1) is 10.2. The number of nitrogens with one attached hydrogen (secondary N) is 1. The minimum atomic E-state index is 0.746. The monoisotopic (exact) mass is 279 g/mol. The van der Waals surface area contributed by atoms with Gasteiger partial charge in [0.25, 0.3) is 0 Å². The van der Waals surface area contributed by atoms with Crippen molar-refractivity contribution in [1.29, 1.82) is 0 Å². The van der Waals surface area contributed by atoms with Crippen LogP contribution in [0.15, 0.2) is 49.2 Å². The maximum absolute atomic E-state index is 4.37. The number of hydrogen-bond acceptors (Lipinski definition) is 4. The summed E-state index contributed by atoms with van der Waals surface area (Å²) >= 11 is 0. The van der Waals surface area contributed by atoms with Crippen LogP contribution in [0.2, 0.25) is 0 Å². The summed E-state index contributed by atoms with van der Waals surface area (Å²) in [5, 5.41) is 7.55. The van der Waals surface area contributed by atoms with Crippen molar-refractivity contribution in [2.75, 3.05) is 5.32 Å². The fourth-order valence-corrected chi connectivity index (χ4v) is 2.40. The van der Waals surface area contributed by atoms with Crippen LogP contribution in [-0.2, 0) is 6.54 Å². The molecule has 5 heteroatoms. The van der Waals surface area contributed by atoms with Crippen molar-refractivity contribution in [2.24, 2.45) is 0 Å². The van der Waals surface area contributed by atoms with E-state index >= 15 is 0 Å². The Morgan fingerprint density at radius 2 is 1.95 bits per heavy atom. The first-order valence-electron chi connectivity index (χ1n) is 6.83. The van der Waals surface area contributed by atoms with Gasteiger partial charge in [-0.05, 0) is 31.5 Å². The lowest BCUT2D eigenvalue weighted by Crippen LogP contribution is -2.06. The average Bonchev–Trinajstić information content (AvgIpc) is 2.98. The molecule has 1 aromatic carbocycles. The van der Waals surface area contributed by atoms with Gasteiger partial charge in [0.05, 0.1) is 5.69 Å². The molecular formula is C16H17N5. The normalized spacial score (nSPS) is 10.6. The zero-order chi connectivity index (χ0) is 14.7. The maximum Gasteiger partial charge on any atom is 0.178 e. The molecular weight excluding hydrogens is 262 g/mol. The van der Waals surface area contributed by atoms with Crippen LogP contribution in [0.25, 0.3) is 5.82 Å². The molecule has 2 heterocycles. The molecule has 106 valence electrons. The molecule has 1 N–H and O–H groups in total. The molecule has 0 saturated heterocycles. The third kappa shape index (κ3) is 3.08. The summed E-state index contributed by atoms with van der Waals surface area (Å²) in [6, 6.07) is 10.4. The summed E-state index contributed by atoms with van der Waals surface area (Å²) in [6.07, 6.45) is 4.89. The van der Waals surface area contributed by atoms with Crippen molar-refractivity contribution in [3.63, 3.8) is 0 Å². The Labute approximate surface area is 123 Å². The largest absolute Gasteiger partial charge is 0.378 e. The van der Waals surface area contributed by atoms with Crippen LogP contribution >= 0.6 is 0 Å². The highest BCUT2D eigenvalue weighted by Gasteiger charge is 2.06. The Bertz CT molecular complexity index is 714. The molecule has 2 aromatic heterocycles. The molecule has 0 aliphatic heterocycles. The van der Waals surface area contributed by atoms with Gasteiger partial charge in [-0.2, -0.15) is 5.10 Å². The number of nitrogens with zero attached hydrogens (tertiary/aromatic N) is 4. The van der Waals surface area contributed by atoms with Gasteiger partial charge in [-0.25, -0.2) is 14.6 Å². The predicted molar refractivity (Wildman–Crippen MR) is 82.4 cm³/mol. The van der Waals surface area contributed by atoms with Gasteiger partial charge in [-0.3, -0.25) is 0 Å². The molecule has 0 aliphatic rings. The van der Waals surface area contributed by atoms with Crippen molar-refractivity contribution in [3.8, 4) is 5.82 Å². The highest BCUT2D eigenvalue weighted by Crippen LogP contribution is 2.17. The van der Waals surface area contributed by atoms with Crippen molar-refractivity contribution in [1.82, 2.24) is 19.7 Å². The van der Waals surface area contributed by atoms with E-state index in [1.807, 2.05) is 12.1 Å². The van der Waals surface area contributed by atoms with Gasteiger partial charge in [-0.15, -0.1) is 0 Å². The van der Waals surface area contributed by atoms with E-state index in [0.29, 0.717) is 0 Å². The number of aryl methyl sites for hydroxylation is 2. The number of pyridine rings is 1. The topological polar surface area (TPSA) is 55.6 Å². The number of aromatic nitrogens is 4. The number of hydrogen-bond donors (Lipinski definition) is 1. The Morgan fingerprint density at radius 1 is 1.14 bits per heavy atom. The molecule has 21 heavy (non-hydrogen) atoms. The van der Waals surface area contributed by atoms with E-state index in [1.54, 1.807) is 17.2 Å². The zero-order valence-corrected chi connectivity index (χ0v) is 12.1. The molecule has 5 nitrogen and oxygen atoms in total. The Morgan fingerprint density at radius 3 is 2.67 bits per heavy atom. The van der Waals surface area contributed by atoms with Crippen molar-refractivity contribution < 1.29 is 0 Å². The summed E-state index contributed by atoms with van der Waals surface area (Å²) in [4.78, 5) is 8.33. The van der Waals surface area contributed by atoms with E-state index in [1.165, 1.54) is 23.0 Å². The lowest BCUT2D eigenvalue weighted by Gasteiger charge is -2.11. The van der Waals surface area contributed by atoms with Gasteiger partial charge in [0.15, 0.2) is 5.82 Å². The van der Waals surface area contributed by atoms with Crippen LogP contribution < -0.4 is 5.32 Å². The van der Waals surface area contributed by atoms with Gasteiger partial charge in [0.2, 0.25) is 0 Å². The molecule has 0 amide bonds. The molecule has 0 aliphatic carbocycles. The Kier molecular flexibility index (Phi) is 3.64. The highest BCUT2D eigenvalue weighted by atomic mass is 15.3. The molecule has 0 saturated carbocycles. The van der Waals surface area contributed by atoms with Gasteiger partial charge in [0, 0.05) is 12.7 Å². The Balaban J connectivity index is 1.82. The van der Waals surface area contributed by atoms with E-state index in [-0.39, 0.29) is 0 Å². The third-order valence-electron chi connectivity index (χ3n) is 3.19. The van der Waals surface area contributed by atoms with Gasteiger partial charge in [0.1, 0.15) is 12.7 Å². The summed E-state index contributed by atoms with van der Waals surface area (Å²) in [5.74, 6) is 0.749. The Hall–Kier alpha value is -2.69. The molecule has 0 bridgehead atoms. The third-order valence-corrected chi connectivity index (χ3v) is 3.19. The molecule has 0 radical (unpaired) electrons. The fraction of sp³-hybridized carbons (Fsp3) is 0.188. The molecule has 0 fully saturated rings. The molecule has 0 atom stereocenters. The van der Waals surface area contributed by atoms with Gasteiger partial charge in [-0.1, -0.05) is 29.3 Å². The average molecular weight is 279 g/mol. The molecule has 3 rings (SSSR count). The second-order valence-corrected chi connectivity index (χ2v) is 5.06. The smallest absolute Gasteiger partial charge is 0.178 e. The molecule has 3 aromatic rings. The standard InChI is InChI=1S/C16H17N5/c1-12-6-13(2)8-14(7-12)9-19-15-4-3-5-18-16(15)21-11-17-10-20-21/h3-8,10-11,19H,9H2,1-2H3. The summed E-state index contributed by atoms with van der Waals surface area (Å²) < 4.78 is 1.66. The van der Waals surface area contributed by atoms with E-state index in [9.17, 15) is 0 Å². The number of anilines is 1. The van der Waals surface area contributed by atoms with E-state index in [4.69, 9.17) is 0 Å². The van der Waals surface area contributed by atoms with Crippen LogP contribution in [0.4, 0.5) is 5.69 Å². The van der Waals surface area contributed by atoms with Gasteiger partial charge >= 0.3 is 0 Å². The zero-order valence-electron chi connectivity index (χ0n) is 12.1. The predicted octanol–water partition coefficient (Wildman–Crippen LogP) is 2.89. The summed E-state index contributed by atoms with van der Waals surface area (Å²) in [5.41, 5.74) is 4.73. The van der Waals surface area contributed by atoms with Gasteiger partial charge < -0.3 is 5.32 Å². The minimum absolute atomic E-state index is 0.746. The maximum atomic E-state index is 4.37. The summed E-state index contributed by atoms with van der Waals surface area (Å²) in [6.45, 7) is 4.97. The number of benzene rings is 1. The first kappa shape index (κ1) is 13.3. The molecule has 0 spiro atoms. The first-order valence-corrected chi connectivity index (χ1v) is 6.83. The lowest BCUT2D eigenvalue weighted by atomic mass is 10.1.